The number of carbonyl (C=O) groups excluding carboxylic acids is 4. The van der Waals surface area contributed by atoms with Gasteiger partial charge in [-0.3, -0.25) is 34.1 Å². The Labute approximate surface area is 304 Å². The average Bonchev–Trinajstić information content (AvgIpc) is 3.72. The molecular weight excluding hydrogens is 688 g/mol. The van der Waals surface area contributed by atoms with Crippen molar-refractivity contribution in [3.8, 4) is 5.00 Å². The Morgan fingerprint density at radius 1 is 1.02 bits per heavy atom. The summed E-state index contributed by atoms with van der Waals surface area (Å²) in [5.74, 6) is 0.383. The Hall–Kier alpha value is -4.88. The van der Waals surface area contributed by atoms with Crippen molar-refractivity contribution < 1.29 is 19.2 Å². The first-order valence-electron chi connectivity index (χ1n) is 17.2. The van der Waals surface area contributed by atoms with Gasteiger partial charge in [0.25, 0.3) is 5.91 Å². The lowest BCUT2D eigenvalue weighted by atomic mass is 9.99. The summed E-state index contributed by atoms with van der Waals surface area (Å²) in [5, 5.41) is 19.4. The molecule has 0 saturated carbocycles. The summed E-state index contributed by atoms with van der Waals surface area (Å²) in [6.07, 6.45) is 3.25. The number of hydrogen-bond acceptors (Lipinski definition) is 9. The van der Waals surface area contributed by atoms with Crippen LogP contribution in [-0.4, -0.2) is 68.1 Å². The van der Waals surface area contributed by atoms with Gasteiger partial charge in [0, 0.05) is 63.9 Å². The number of hydrogen-bond donors (Lipinski definition) is 3. The number of piperidine rings is 1. The van der Waals surface area contributed by atoms with Crippen LogP contribution in [0.15, 0.2) is 47.5 Å². The Bertz CT molecular complexity index is 2070. The second-order valence-electron chi connectivity index (χ2n) is 13.2. The number of nitrogens with zero attached hydrogens (tertiary/aromatic N) is 5. The van der Waals surface area contributed by atoms with E-state index >= 15 is 0 Å². The number of benzene rings is 2. The zero-order valence-corrected chi connectivity index (χ0v) is 30.3. The van der Waals surface area contributed by atoms with Crippen LogP contribution in [0.25, 0.3) is 5.00 Å². The summed E-state index contributed by atoms with van der Waals surface area (Å²) in [4.78, 5) is 58.4. The van der Waals surface area contributed by atoms with E-state index in [1.807, 2.05) is 47.9 Å². The molecule has 2 aromatic heterocycles. The van der Waals surface area contributed by atoms with Crippen molar-refractivity contribution >= 4 is 58.0 Å². The number of halogens is 1. The van der Waals surface area contributed by atoms with E-state index in [-0.39, 0.29) is 30.6 Å². The number of imide groups is 1. The summed E-state index contributed by atoms with van der Waals surface area (Å²) in [6, 6.07) is 12.0. The highest BCUT2D eigenvalue weighted by Crippen LogP contribution is 2.39. The normalized spacial score (nSPS) is 18.1. The van der Waals surface area contributed by atoms with Crippen LogP contribution in [0.4, 0.5) is 5.69 Å². The molecular formula is C37H39ClN8O4S. The third kappa shape index (κ3) is 6.79. The minimum atomic E-state index is -0.643. The lowest BCUT2D eigenvalue weighted by Crippen LogP contribution is -2.52. The molecule has 5 heterocycles. The van der Waals surface area contributed by atoms with Crippen LogP contribution in [0, 0.1) is 20.8 Å². The van der Waals surface area contributed by atoms with E-state index in [2.05, 4.69) is 40.0 Å². The van der Waals surface area contributed by atoms with Crippen molar-refractivity contribution in [2.45, 2.75) is 77.9 Å². The van der Waals surface area contributed by atoms with Gasteiger partial charge < -0.3 is 15.5 Å². The minimum Gasteiger partial charge on any atom is -0.385 e. The largest absolute Gasteiger partial charge is 0.385 e. The molecule has 7 rings (SSSR count). The van der Waals surface area contributed by atoms with E-state index in [0.29, 0.717) is 42.5 Å². The lowest BCUT2D eigenvalue weighted by Gasteiger charge is -2.29. The topological polar surface area (TPSA) is 151 Å². The highest BCUT2D eigenvalue weighted by Gasteiger charge is 2.40. The number of unbranched alkanes of at least 4 members (excludes halogenated alkanes) is 2. The van der Waals surface area contributed by atoms with Crippen molar-refractivity contribution in [2.75, 3.05) is 18.4 Å². The van der Waals surface area contributed by atoms with E-state index in [1.54, 1.807) is 22.3 Å². The smallest absolute Gasteiger partial charge is 0.255 e. The minimum absolute atomic E-state index is 0.104. The van der Waals surface area contributed by atoms with Crippen molar-refractivity contribution in [3.63, 3.8) is 0 Å². The number of fused-ring (bicyclic) bond motifs is 4. The maximum atomic E-state index is 13.3. The summed E-state index contributed by atoms with van der Waals surface area (Å²) in [5.41, 5.74) is 6.23. The molecule has 0 aliphatic carbocycles. The van der Waals surface area contributed by atoms with E-state index < -0.39 is 18.0 Å². The number of aromatic nitrogens is 3. The van der Waals surface area contributed by atoms with Gasteiger partial charge in [-0.1, -0.05) is 29.8 Å². The van der Waals surface area contributed by atoms with Gasteiger partial charge in [0.1, 0.15) is 22.9 Å². The second-order valence-corrected chi connectivity index (χ2v) is 14.8. The zero-order valence-electron chi connectivity index (χ0n) is 28.7. The molecule has 2 atom stereocenters. The monoisotopic (exact) mass is 726 g/mol. The zero-order chi connectivity index (χ0) is 35.8. The third-order valence-electron chi connectivity index (χ3n) is 9.81. The Morgan fingerprint density at radius 3 is 2.59 bits per heavy atom. The van der Waals surface area contributed by atoms with Gasteiger partial charge >= 0.3 is 0 Å². The van der Waals surface area contributed by atoms with Gasteiger partial charge in [0.05, 0.1) is 12.1 Å². The summed E-state index contributed by atoms with van der Waals surface area (Å²) < 4.78 is 2.04. The van der Waals surface area contributed by atoms with Gasteiger partial charge in [-0.2, -0.15) is 0 Å². The number of nitrogens with one attached hydrogen (secondary N) is 3. The fourth-order valence-corrected chi connectivity index (χ4v) is 8.35. The maximum Gasteiger partial charge on any atom is 0.255 e. The standard InChI is InChI=1S/C37H39ClN8O4S/c1-20-21(2)51-37-32(20)33(23-10-12-24(38)13-11-23)41-28(34-44-43-22(3)46(34)37)18-31(48)40-17-6-4-5-16-39-27-9-7-8-25-26(27)19-45(36(25)50)29-14-15-30(47)42-35(29)49/h7-13,28-29,39H,4-6,14-19H2,1-3H3,(H,40,48)(H,42,47,49)/t28-,29?/m0/s1. The van der Waals surface area contributed by atoms with Crippen molar-refractivity contribution in [2.24, 2.45) is 4.99 Å². The van der Waals surface area contributed by atoms with E-state index in [0.717, 1.165) is 63.7 Å². The number of anilines is 1. The van der Waals surface area contributed by atoms with E-state index in [1.165, 1.54) is 4.88 Å². The van der Waals surface area contributed by atoms with Crippen LogP contribution in [0.5, 0.6) is 0 Å². The van der Waals surface area contributed by atoms with Crippen molar-refractivity contribution in [1.29, 1.82) is 0 Å². The summed E-state index contributed by atoms with van der Waals surface area (Å²) >= 11 is 7.90. The Kier molecular flexibility index (Phi) is 9.75. The second kappa shape index (κ2) is 14.4. The highest BCUT2D eigenvalue weighted by molar-refractivity contribution is 7.15. The predicted octanol–water partition coefficient (Wildman–Crippen LogP) is 5.35. The molecule has 14 heteroatoms. The number of carbonyl (C=O) groups is 4. The Morgan fingerprint density at radius 2 is 1.80 bits per heavy atom. The highest BCUT2D eigenvalue weighted by atomic mass is 35.5. The first-order chi connectivity index (χ1) is 24.6. The first-order valence-corrected chi connectivity index (χ1v) is 18.4. The van der Waals surface area contributed by atoms with Crippen LogP contribution >= 0.6 is 22.9 Å². The third-order valence-corrected chi connectivity index (χ3v) is 11.3. The molecule has 0 bridgehead atoms. The molecule has 4 aromatic rings. The van der Waals surface area contributed by atoms with E-state index in [9.17, 15) is 19.2 Å². The van der Waals surface area contributed by atoms with Crippen molar-refractivity contribution in [1.82, 2.24) is 30.3 Å². The molecule has 3 N–H and O–H groups in total. The molecule has 1 fully saturated rings. The van der Waals surface area contributed by atoms with Crippen LogP contribution in [-0.2, 0) is 20.9 Å². The van der Waals surface area contributed by atoms with Gasteiger partial charge in [-0.15, -0.1) is 21.5 Å². The fourth-order valence-electron chi connectivity index (χ4n) is 7.01. The van der Waals surface area contributed by atoms with Crippen LogP contribution in [0.2, 0.25) is 5.02 Å². The van der Waals surface area contributed by atoms with Gasteiger partial charge in [-0.25, -0.2) is 0 Å². The number of aryl methyl sites for hydroxylation is 2. The molecule has 4 amide bonds. The number of thiophene rings is 1. The maximum absolute atomic E-state index is 13.3. The molecule has 2 aromatic carbocycles. The number of amides is 4. The molecule has 3 aliphatic rings. The fraction of sp³-hybridized carbons (Fsp3) is 0.378. The molecule has 3 aliphatic heterocycles. The summed E-state index contributed by atoms with van der Waals surface area (Å²) in [6.45, 7) is 7.67. The molecule has 0 radical (unpaired) electrons. The molecule has 1 saturated heterocycles. The molecule has 51 heavy (non-hydrogen) atoms. The van der Waals surface area contributed by atoms with Crippen LogP contribution in [0.3, 0.4) is 0 Å². The average molecular weight is 727 g/mol. The molecule has 12 nitrogen and oxygen atoms in total. The van der Waals surface area contributed by atoms with Crippen LogP contribution in [0.1, 0.15) is 93.7 Å². The van der Waals surface area contributed by atoms with Gasteiger partial charge in [0.2, 0.25) is 17.7 Å². The van der Waals surface area contributed by atoms with Gasteiger partial charge in [-0.05, 0) is 76.3 Å². The molecule has 264 valence electrons. The first kappa shape index (κ1) is 34.6. The lowest BCUT2D eigenvalue weighted by molar-refractivity contribution is -0.137. The SMILES string of the molecule is Cc1sc2c(c1C)C(c1ccc(Cl)cc1)=N[C@@H](CC(=O)NCCCCCNc1cccc3c1CN(C1CCC(=O)NC1=O)C3=O)c1nnc(C)n1-2. The number of rotatable bonds is 11. The quantitative estimate of drug-likeness (QED) is 0.139. The summed E-state index contributed by atoms with van der Waals surface area (Å²) in [7, 11) is 0. The van der Waals surface area contributed by atoms with E-state index in [4.69, 9.17) is 16.6 Å². The van der Waals surface area contributed by atoms with Crippen molar-refractivity contribution in [3.05, 3.63) is 91.8 Å². The van der Waals surface area contributed by atoms with Crippen LogP contribution < -0.4 is 16.0 Å². The number of aliphatic imine (C=N–C) groups is 1. The Balaban J connectivity index is 0.937. The molecule has 1 unspecified atom stereocenters. The molecule has 0 spiro atoms. The predicted molar refractivity (Wildman–Crippen MR) is 196 cm³/mol. The van der Waals surface area contributed by atoms with Gasteiger partial charge in [0.15, 0.2) is 5.82 Å².